The molecule has 2 aromatic carbocycles. The number of anilines is 2. The lowest BCUT2D eigenvalue weighted by Gasteiger charge is -2.09. The molecule has 0 unspecified atom stereocenters. The van der Waals surface area contributed by atoms with Gasteiger partial charge in [-0.05, 0) is 49.6 Å². The second kappa shape index (κ2) is 7.78. The van der Waals surface area contributed by atoms with Crippen molar-refractivity contribution in [2.45, 2.75) is 27.3 Å². The molecule has 2 N–H and O–H groups in total. The van der Waals surface area contributed by atoms with Crippen molar-refractivity contribution in [1.29, 1.82) is 0 Å². The number of carbonyl (C=O) groups is 1. The molecule has 132 valence electrons. The number of amides is 1. The van der Waals surface area contributed by atoms with Crippen LogP contribution in [0.4, 0.5) is 11.5 Å². The molecule has 3 aromatic rings. The Morgan fingerprint density at radius 1 is 0.923 bits per heavy atom. The minimum absolute atomic E-state index is 0.254. The third kappa shape index (κ3) is 4.66. The average molecular weight is 346 g/mol. The molecule has 0 aliphatic carbocycles. The second-order valence-electron chi connectivity index (χ2n) is 6.46. The molecule has 0 aliphatic heterocycles. The van der Waals surface area contributed by atoms with Crippen LogP contribution in [0.25, 0.3) is 0 Å². The van der Waals surface area contributed by atoms with Gasteiger partial charge >= 0.3 is 0 Å². The van der Waals surface area contributed by atoms with Gasteiger partial charge in [-0.1, -0.05) is 35.9 Å². The molecule has 3 rings (SSSR count). The van der Waals surface area contributed by atoms with E-state index in [0.717, 1.165) is 22.4 Å². The van der Waals surface area contributed by atoms with E-state index in [4.69, 9.17) is 0 Å². The predicted octanol–water partition coefficient (Wildman–Crippen LogP) is 4.27. The lowest BCUT2D eigenvalue weighted by Crippen LogP contribution is -2.15. The summed E-state index contributed by atoms with van der Waals surface area (Å²) in [7, 11) is 0. The number of hydrogen-bond donors (Lipinski definition) is 2. The van der Waals surface area contributed by atoms with Crippen molar-refractivity contribution in [3.8, 4) is 0 Å². The fourth-order valence-electron chi connectivity index (χ4n) is 2.83. The number of aryl methyl sites for hydroxylation is 3. The first-order valence-corrected chi connectivity index (χ1v) is 8.51. The first-order chi connectivity index (χ1) is 12.5. The van der Waals surface area contributed by atoms with Gasteiger partial charge in [-0.25, -0.2) is 9.97 Å². The zero-order chi connectivity index (χ0) is 18.5. The summed E-state index contributed by atoms with van der Waals surface area (Å²) < 4.78 is 0. The van der Waals surface area contributed by atoms with E-state index in [9.17, 15) is 4.79 Å². The topological polar surface area (TPSA) is 66.9 Å². The molecule has 0 fully saturated rings. The molecule has 26 heavy (non-hydrogen) atoms. The molecule has 1 heterocycles. The SMILES string of the molecule is Cc1cccc(CNc2cc(C(=O)Nc3cc(C)cc(C)c3)ncn2)c1. The normalized spacial score (nSPS) is 10.4. The van der Waals surface area contributed by atoms with Gasteiger partial charge in [-0.2, -0.15) is 0 Å². The summed E-state index contributed by atoms with van der Waals surface area (Å²) in [5.74, 6) is 0.364. The summed E-state index contributed by atoms with van der Waals surface area (Å²) in [6.45, 7) is 6.70. The lowest BCUT2D eigenvalue weighted by molar-refractivity contribution is 0.102. The second-order valence-corrected chi connectivity index (χ2v) is 6.46. The lowest BCUT2D eigenvalue weighted by atomic mass is 10.1. The maximum Gasteiger partial charge on any atom is 0.274 e. The smallest absolute Gasteiger partial charge is 0.274 e. The van der Waals surface area contributed by atoms with Gasteiger partial charge in [0.2, 0.25) is 0 Å². The number of aromatic nitrogens is 2. The van der Waals surface area contributed by atoms with E-state index in [0.29, 0.717) is 18.1 Å². The van der Waals surface area contributed by atoms with Crippen LogP contribution < -0.4 is 10.6 Å². The van der Waals surface area contributed by atoms with Crippen molar-refractivity contribution >= 4 is 17.4 Å². The van der Waals surface area contributed by atoms with E-state index in [2.05, 4.69) is 51.8 Å². The monoisotopic (exact) mass is 346 g/mol. The zero-order valence-electron chi connectivity index (χ0n) is 15.2. The standard InChI is InChI=1S/C21H22N4O/c1-14-5-4-6-17(8-14)12-22-20-11-19(23-13-24-20)21(26)25-18-9-15(2)7-16(3)10-18/h4-11,13H,12H2,1-3H3,(H,25,26)(H,22,23,24). The fraction of sp³-hybridized carbons (Fsp3) is 0.190. The van der Waals surface area contributed by atoms with Crippen LogP contribution in [0.3, 0.4) is 0 Å². The number of carbonyl (C=O) groups excluding carboxylic acids is 1. The van der Waals surface area contributed by atoms with Crippen LogP contribution in [0, 0.1) is 20.8 Å². The molecule has 0 saturated carbocycles. The van der Waals surface area contributed by atoms with Crippen LogP contribution in [-0.2, 0) is 6.54 Å². The van der Waals surface area contributed by atoms with E-state index in [1.165, 1.54) is 11.9 Å². The zero-order valence-corrected chi connectivity index (χ0v) is 15.2. The Bertz CT molecular complexity index is 917. The fourth-order valence-corrected chi connectivity index (χ4v) is 2.83. The maximum absolute atomic E-state index is 12.5. The molecule has 1 amide bonds. The molecule has 5 heteroatoms. The van der Waals surface area contributed by atoms with Crippen LogP contribution in [0.2, 0.25) is 0 Å². The highest BCUT2D eigenvalue weighted by atomic mass is 16.1. The van der Waals surface area contributed by atoms with Gasteiger partial charge in [0.05, 0.1) is 0 Å². The summed E-state index contributed by atoms with van der Waals surface area (Å²) in [6.07, 6.45) is 1.40. The van der Waals surface area contributed by atoms with Gasteiger partial charge in [0.1, 0.15) is 17.8 Å². The molecule has 5 nitrogen and oxygen atoms in total. The van der Waals surface area contributed by atoms with E-state index < -0.39 is 0 Å². The molecular weight excluding hydrogens is 324 g/mol. The third-order valence-corrected chi connectivity index (χ3v) is 3.94. The number of nitrogens with one attached hydrogen (secondary N) is 2. The number of benzene rings is 2. The molecule has 0 radical (unpaired) electrons. The molecule has 0 atom stereocenters. The van der Waals surface area contributed by atoms with Crippen molar-refractivity contribution < 1.29 is 4.79 Å². The van der Waals surface area contributed by atoms with Crippen molar-refractivity contribution in [2.24, 2.45) is 0 Å². The third-order valence-electron chi connectivity index (χ3n) is 3.94. The van der Waals surface area contributed by atoms with Crippen LogP contribution in [-0.4, -0.2) is 15.9 Å². The van der Waals surface area contributed by atoms with E-state index in [1.807, 2.05) is 32.0 Å². The molecule has 1 aromatic heterocycles. The number of rotatable bonds is 5. The molecular formula is C21H22N4O. The van der Waals surface area contributed by atoms with Gasteiger partial charge in [0, 0.05) is 18.3 Å². The van der Waals surface area contributed by atoms with Crippen molar-refractivity contribution in [3.05, 3.63) is 82.8 Å². The van der Waals surface area contributed by atoms with Crippen LogP contribution in [0.5, 0.6) is 0 Å². The Kier molecular flexibility index (Phi) is 5.27. The number of nitrogens with zero attached hydrogens (tertiary/aromatic N) is 2. The molecule has 0 bridgehead atoms. The highest BCUT2D eigenvalue weighted by molar-refractivity contribution is 6.03. The maximum atomic E-state index is 12.5. The molecule has 0 spiro atoms. The highest BCUT2D eigenvalue weighted by Gasteiger charge is 2.10. The van der Waals surface area contributed by atoms with E-state index in [-0.39, 0.29) is 5.91 Å². The highest BCUT2D eigenvalue weighted by Crippen LogP contribution is 2.15. The van der Waals surface area contributed by atoms with Crippen LogP contribution >= 0.6 is 0 Å². The van der Waals surface area contributed by atoms with Crippen LogP contribution in [0.15, 0.2) is 54.9 Å². The largest absolute Gasteiger partial charge is 0.366 e. The first-order valence-electron chi connectivity index (χ1n) is 8.51. The van der Waals surface area contributed by atoms with Gasteiger partial charge in [-0.15, -0.1) is 0 Å². The first kappa shape index (κ1) is 17.6. The minimum atomic E-state index is -0.254. The summed E-state index contributed by atoms with van der Waals surface area (Å²) in [6, 6.07) is 15.8. The summed E-state index contributed by atoms with van der Waals surface area (Å²) >= 11 is 0. The average Bonchev–Trinajstić information content (AvgIpc) is 2.59. The Morgan fingerprint density at radius 3 is 2.42 bits per heavy atom. The van der Waals surface area contributed by atoms with E-state index in [1.54, 1.807) is 6.07 Å². The Labute approximate surface area is 153 Å². The van der Waals surface area contributed by atoms with Gasteiger partial charge in [0.25, 0.3) is 5.91 Å². The van der Waals surface area contributed by atoms with Gasteiger partial charge < -0.3 is 10.6 Å². The Morgan fingerprint density at radius 2 is 1.69 bits per heavy atom. The summed E-state index contributed by atoms with van der Waals surface area (Å²) in [5.41, 5.74) is 5.66. The van der Waals surface area contributed by atoms with Crippen LogP contribution in [0.1, 0.15) is 32.7 Å². The predicted molar refractivity (Wildman–Crippen MR) is 104 cm³/mol. The van der Waals surface area contributed by atoms with Crippen molar-refractivity contribution in [2.75, 3.05) is 10.6 Å². The summed E-state index contributed by atoms with van der Waals surface area (Å²) in [5, 5.41) is 6.13. The molecule has 0 saturated heterocycles. The van der Waals surface area contributed by atoms with Gasteiger partial charge in [-0.3, -0.25) is 4.79 Å². The Balaban J connectivity index is 1.69. The quantitative estimate of drug-likeness (QED) is 0.724. The molecule has 0 aliphatic rings. The minimum Gasteiger partial charge on any atom is -0.366 e. The number of hydrogen-bond acceptors (Lipinski definition) is 4. The summed E-state index contributed by atoms with van der Waals surface area (Å²) in [4.78, 5) is 20.8. The Hall–Kier alpha value is -3.21. The van der Waals surface area contributed by atoms with Gasteiger partial charge in [0.15, 0.2) is 0 Å². The van der Waals surface area contributed by atoms with Crippen molar-refractivity contribution in [3.63, 3.8) is 0 Å². The van der Waals surface area contributed by atoms with Crippen molar-refractivity contribution in [1.82, 2.24) is 9.97 Å². The van der Waals surface area contributed by atoms with E-state index >= 15 is 0 Å².